The molecule has 0 radical (unpaired) electrons. The SMILES string of the molecule is CC(C)c1nn(-c2ccc(C(F)(F)F)cn2)cc1C(=O)O. The molecule has 0 saturated carbocycles. The first kappa shape index (κ1) is 15.0. The zero-order valence-electron chi connectivity index (χ0n) is 11.2. The van der Waals surface area contributed by atoms with E-state index in [9.17, 15) is 18.0 Å². The Balaban J connectivity index is 2.43. The molecule has 0 unspecified atom stereocenters. The summed E-state index contributed by atoms with van der Waals surface area (Å²) in [7, 11) is 0. The second-order valence-corrected chi connectivity index (χ2v) is 4.74. The van der Waals surface area contributed by atoms with Gasteiger partial charge in [0.05, 0.1) is 11.3 Å². The average molecular weight is 299 g/mol. The Morgan fingerprint density at radius 2 is 2.00 bits per heavy atom. The average Bonchev–Trinajstić information content (AvgIpc) is 2.83. The molecule has 2 heterocycles. The van der Waals surface area contributed by atoms with Crippen LogP contribution in [0.5, 0.6) is 0 Å². The van der Waals surface area contributed by atoms with E-state index in [4.69, 9.17) is 5.11 Å². The summed E-state index contributed by atoms with van der Waals surface area (Å²) in [6.07, 6.45) is -2.54. The van der Waals surface area contributed by atoms with Gasteiger partial charge in [-0.1, -0.05) is 13.8 Å². The normalized spacial score (nSPS) is 11.9. The van der Waals surface area contributed by atoms with Crippen LogP contribution in [0.4, 0.5) is 13.2 Å². The fraction of sp³-hybridized carbons (Fsp3) is 0.308. The van der Waals surface area contributed by atoms with E-state index in [-0.39, 0.29) is 17.3 Å². The van der Waals surface area contributed by atoms with Crippen molar-refractivity contribution in [1.82, 2.24) is 14.8 Å². The molecule has 0 aliphatic carbocycles. The molecule has 0 saturated heterocycles. The van der Waals surface area contributed by atoms with E-state index < -0.39 is 17.7 Å². The van der Waals surface area contributed by atoms with Gasteiger partial charge in [0.25, 0.3) is 0 Å². The third kappa shape index (κ3) is 3.04. The number of carbonyl (C=O) groups is 1. The van der Waals surface area contributed by atoms with E-state index in [0.717, 1.165) is 12.1 Å². The number of nitrogens with zero attached hydrogens (tertiary/aromatic N) is 3. The molecule has 0 aromatic carbocycles. The maximum Gasteiger partial charge on any atom is 0.417 e. The van der Waals surface area contributed by atoms with Crippen LogP contribution in [0.3, 0.4) is 0 Å². The molecule has 0 bridgehead atoms. The van der Waals surface area contributed by atoms with Crippen molar-refractivity contribution in [2.75, 3.05) is 0 Å². The van der Waals surface area contributed by atoms with E-state index in [1.54, 1.807) is 13.8 Å². The van der Waals surface area contributed by atoms with Crippen molar-refractivity contribution in [2.45, 2.75) is 25.9 Å². The van der Waals surface area contributed by atoms with Crippen molar-refractivity contribution in [3.63, 3.8) is 0 Å². The first-order chi connectivity index (χ1) is 9.70. The number of rotatable bonds is 3. The number of pyridine rings is 1. The highest BCUT2D eigenvalue weighted by Crippen LogP contribution is 2.29. The van der Waals surface area contributed by atoms with Crippen LogP contribution in [0.25, 0.3) is 5.82 Å². The minimum absolute atomic E-state index is 0.00620. The highest BCUT2D eigenvalue weighted by atomic mass is 19.4. The number of halogens is 3. The van der Waals surface area contributed by atoms with Crippen LogP contribution in [0, 0.1) is 0 Å². The number of hydrogen-bond donors (Lipinski definition) is 1. The molecular weight excluding hydrogens is 287 g/mol. The molecule has 21 heavy (non-hydrogen) atoms. The fourth-order valence-corrected chi connectivity index (χ4v) is 1.79. The van der Waals surface area contributed by atoms with Crippen LogP contribution in [-0.2, 0) is 6.18 Å². The molecule has 0 atom stereocenters. The second-order valence-electron chi connectivity index (χ2n) is 4.74. The molecular formula is C13H12F3N3O2. The minimum Gasteiger partial charge on any atom is -0.478 e. The number of carboxylic acid groups (broad SMARTS) is 1. The van der Waals surface area contributed by atoms with Crippen molar-refractivity contribution in [3.05, 3.63) is 41.3 Å². The van der Waals surface area contributed by atoms with Crippen LogP contribution >= 0.6 is 0 Å². The number of aromatic carboxylic acids is 1. The van der Waals surface area contributed by atoms with Crippen LogP contribution in [0.15, 0.2) is 24.5 Å². The first-order valence-corrected chi connectivity index (χ1v) is 6.06. The number of carboxylic acids is 1. The molecule has 0 aliphatic rings. The van der Waals surface area contributed by atoms with Gasteiger partial charge in [0.1, 0.15) is 5.56 Å². The van der Waals surface area contributed by atoms with Crippen molar-refractivity contribution >= 4 is 5.97 Å². The molecule has 2 rings (SSSR count). The summed E-state index contributed by atoms with van der Waals surface area (Å²) < 4.78 is 38.6. The van der Waals surface area contributed by atoms with Gasteiger partial charge in [-0.25, -0.2) is 14.5 Å². The van der Waals surface area contributed by atoms with Gasteiger partial charge in [-0.05, 0) is 18.1 Å². The lowest BCUT2D eigenvalue weighted by molar-refractivity contribution is -0.137. The van der Waals surface area contributed by atoms with Gasteiger partial charge >= 0.3 is 12.1 Å². The lowest BCUT2D eigenvalue weighted by Crippen LogP contribution is -2.07. The van der Waals surface area contributed by atoms with Gasteiger partial charge in [0.2, 0.25) is 0 Å². The summed E-state index contributed by atoms with van der Waals surface area (Å²) >= 11 is 0. The summed E-state index contributed by atoms with van der Waals surface area (Å²) in [6, 6.07) is 2.02. The Morgan fingerprint density at radius 1 is 1.33 bits per heavy atom. The van der Waals surface area contributed by atoms with Crippen LogP contribution in [0.1, 0.15) is 41.4 Å². The molecule has 8 heteroatoms. The smallest absolute Gasteiger partial charge is 0.417 e. The molecule has 0 amide bonds. The van der Waals surface area contributed by atoms with Crippen LogP contribution in [0.2, 0.25) is 0 Å². The molecule has 0 fully saturated rings. The minimum atomic E-state index is -4.47. The standard InChI is InChI=1S/C13H12F3N3O2/c1-7(2)11-9(12(20)21)6-19(18-11)10-4-3-8(5-17-10)13(14,15)16/h3-7H,1-2H3,(H,20,21). The van der Waals surface area contributed by atoms with Gasteiger partial charge in [-0.2, -0.15) is 18.3 Å². The summed E-state index contributed by atoms with van der Waals surface area (Å²) in [5.74, 6) is -1.15. The molecule has 0 spiro atoms. The monoisotopic (exact) mass is 299 g/mol. The van der Waals surface area contributed by atoms with E-state index in [0.29, 0.717) is 11.9 Å². The summed E-state index contributed by atoms with van der Waals surface area (Å²) in [4.78, 5) is 14.8. The van der Waals surface area contributed by atoms with E-state index in [2.05, 4.69) is 10.1 Å². The van der Waals surface area contributed by atoms with Gasteiger partial charge in [0.15, 0.2) is 5.82 Å². The third-order valence-corrected chi connectivity index (χ3v) is 2.83. The predicted molar refractivity (Wildman–Crippen MR) is 67.4 cm³/mol. The summed E-state index contributed by atoms with van der Waals surface area (Å²) in [6.45, 7) is 3.55. The largest absolute Gasteiger partial charge is 0.478 e. The molecule has 2 aromatic heterocycles. The van der Waals surface area contributed by atoms with Crippen molar-refractivity contribution in [3.8, 4) is 5.82 Å². The Kier molecular flexibility index (Phi) is 3.71. The molecule has 5 nitrogen and oxygen atoms in total. The van der Waals surface area contributed by atoms with E-state index in [1.165, 1.54) is 10.9 Å². The topological polar surface area (TPSA) is 68.0 Å². The number of alkyl halides is 3. The molecule has 112 valence electrons. The zero-order chi connectivity index (χ0) is 15.8. The number of aromatic nitrogens is 3. The maximum atomic E-state index is 12.5. The van der Waals surface area contributed by atoms with Gasteiger partial charge in [-0.15, -0.1) is 0 Å². The predicted octanol–water partition coefficient (Wildman–Crippen LogP) is 3.11. The molecule has 1 N–H and O–H groups in total. The second kappa shape index (κ2) is 5.19. The third-order valence-electron chi connectivity index (χ3n) is 2.83. The van der Waals surface area contributed by atoms with E-state index in [1.807, 2.05) is 0 Å². The Hall–Kier alpha value is -2.38. The van der Waals surface area contributed by atoms with Crippen molar-refractivity contribution in [1.29, 1.82) is 0 Å². The first-order valence-electron chi connectivity index (χ1n) is 6.06. The highest BCUT2D eigenvalue weighted by molar-refractivity contribution is 5.88. The van der Waals surface area contributed by atoms with E-state index >= 15 is 0 Å². The Morgan fingerprint density at radius 3 is 2.38 bits per heavy atom. The van der Waals surface area contributed by atoms with Crippen molar-refractivity contribution in [2.24, 2.45) is 0 Å². The van der Waals surface area contributed by atoms with Gasteiger partial charge in [0, 0.05) is 12.4 Å². The van der Waals surface area contributed by atoms with Gasteiger partial charge < -0.3 is 5.11 Å². The van der Waals surface area contributed by atoms with Crippen LogP contribution in [-0.4, -0.2) is 25.8 Å². The van der Waals surface area contributed by atoms with Crippen molar-refractivity contribution < 1.29 is 23.1 Å². The highest BCUT2D eigenvalue weighted by Gasteiger charge is 2.30. The molecule has 0 aliphatic heterocycles. The number of hydrogen-bond acceptors (Lipinski definition) is 3. The van der Waals surface area contributed by atoms with Gasteiger partial charge in [-0.3, -0.25) is 0 Å². The lowest BCUT2D eigenvalue weighted by atomic mass is 10.1. The Bertz CT molecular complexity index is 660. The molecule has 2 aromatic rings. The summed E-state index contributed by atoms with van der Waals surface area (Å²) in [5.41, 5.74) is -0.517. The summed E-state index contributed by atoms with van der Waals surface area (Å²) in [5, 5.41) is 13.2. The lowest BCUT2D eigenvalue weighted by Gasteiger charge is -2.06. The fourth-order valence-electron chi connectivity index (χ4n) is 1.79. The maximum absolute atomic E-state index is 12.5. The zero-order valence-corrected chi connectivity index (χ0v) is 11.2. The Labute approximate surface area is 118 Å². The van der Waals surface area contributed by atoms with Crippen LogP contribution < -0.4 is 0 Å². The quantitative estimate of drug-likeness (QED) is 0.945.